The number of ether oxygens (including phenoxy) is 1. The monoisotopic (exact) mass is 262 g/mol. The van der Waals surface area contributed by atoms with Crippen LogP contribution in [0.15, 0.2) is 42.5 Å². The van der Waals surface area contributed by atoms with Crippen molar-refractivity contribution in [3.63, 3.8) is 0 Å². The fourth-order valence-corrected chi connectivity index (χ4v) is 1.51. The van der Waals surface area contributed by atoms with Crippen LogP contribution >= 0.6 is 0 Å². The van der Waals surface area contributed by atoms with Crippen molar-refractivity contribution in [3.05, 3.63) is 65.2 Å². The van der Waals surface area contributed by atoms with Crippen LogP contribution in [0.1, 0.15) is 20.7 Å². The molecule has 0 bridgehead atoms. The minimum Gasteiger partial charge on any atom is -0.422 e. The number of halogens is 2. The summed E-state index contributed by atoms with van der Waals surface area (Å²) in [4.78, 5) is 22.4. The highest BCUT2D eigenvalue weighted by atomic mass is 19.1. The molecule has 0 saturated carbocycles. The molecule has 0 aliphatic heterocycles. The van der Waals surface area contributed by atoms with Crippen LogP contribution in [-0.2, 0) is 0 Å². The van der Waals surface area contributed by atoms with Gasteiger partial charge in [-0.1, -0.05) is 18.2 Å². The van der Waals surface area contributed by atoms with Crippen LogP contribution in [0.25, 0.3) is 0 Å². The first-order chi connectivity index (χ1) is 9.13. The van der Waals surface area contributed by atoms with Crippen molar-refractivity contribution in [2.45, 2.75) is 0 Å². The number of aldehydes is 1. The van der Waals surface area contributed by atoms with Crippen molar-refractivity contribution in [2.75, 3.05) is 0 Å². The van der Waals surface area contributed by atoms with E-state index in [1.807, 2.05) is 0 Å². The minimum absolute atomic E-state index is 0.0508. The van der Waals surface area contributed by atoms with Crippen LogP contribution in [-0.4, -0.2) is 12.3 Å². The van der Waals surface area contributed by atoms with Crippen LogP contribution < -0.4 is 4.74 Å². The van der Waals surface area contributed by atoms with Crippen LogP contribution in [0.5, 0.6) is 5.75 Å². The van der Waals surface area contributed by atoms with E-state index in [-0.39, 0.29) is 11.3 Å². The molecule has 0 atom stereocenters. The zero-order chi connectivity index (χ0) is 13.8. The Hall–Kier alpha value is -2.56. The lowest BCUT2D eigenvalue weighted by Crippen LogP contribution is -2.13. The maximum atomic E-state index is 13.4. The first kappa shape index (κ1) is 12.9. The summed E-state index contributed by atoms with van der Waals surface area (Å²) in [5.41, 5.74) is -0.671. The van der Waals surface area contributed by atoms with E-state index >= 15 is 0 Å². The Kier molecular flexibility index (Phi) is 3.66. The second-order valence-electron chi connectivity index (χ2n) is 3.64. The molecule has 0 radical (unpaired) electrons. The van der Waals surface area contributed by atoms with E-state index in [1.54, 1.807) is 6.07 Å². The quantitative estimate of drug-likeness (QED) is 0.485. The van der Waals surface area contributed by atoms with E-state index in [1.165, 1.54) is 18.2 Å². The Labute approximate surface area is 107 Å². The van der Waals surface area contributed by atoms with E-state index < -0.39 is 23.2 Å². The molecule has 2 aromatic carbocycles. The van der Waals surface area contributed by atoms with Crippen molar-refractivity contribution in [3.8, 4) is 5.75 Å². The molecular formula is C14H8F2O3. The summed E-state index contributed by atoms with van der Waals surface area (Å²) in [6.07, 6.45) is 0.486. The van der Waals surface area contributed by atoms with Gasteiger partial charge in [0.1, 0.15) is 22.9 Å². The fraction of sp³-hybridized carbons (Fsp3) is 0. The molecule has 5 heteroatoms. The van der Waals surface area contributed by atoms with E-state index in [9.17, 15) is 18.4 Å². The molecule has 96 valence electrons. The highest BCUT2D eigenvalue weighted by Gasteiger charge is 2.20. The SMILES string of the molecule is O=Cc1ccccc1OC(=O)c1c(F)cccc1F. The second-order valence-corrected chi connectivity index (χ2v) is 3.64. The Morgan fingerprint density at radius 2 is 1.63 bits per heavy atom. The summed E-state index contributed by atoms with van der Waals surface area (Å²) >= 11 is 0. The second kappa shape index (κ2) is 5.39. The highest BCUT2D eigenvalue weighted by molar-refractivity contribution is 5.93. The van der Waals surface area contributed by atoms with E-state index in [2.05, 4.69) is 0 Å². The number of carbonyl (C=O) groups is 2. The van der Waals surface area contributed by atoms with Gasteiger partial charge >= 0.3 is 5.97 Å². The van der Waals surface area contributed by atoms with Crippen LogP contribution in [0, 0.1) is 11.6 Å². The van der Waals surface area contributed by atoms with Crippen LogP contribution in [0.3, 0.4) is 0 Å². The summed E-state index contributed by atoms with van der Waals surface area (Å²) in [5.74, 6) is -3.28. The molecule has 2 rings (SSSR count). The smallest absolute Gasteiger partial charge is 0.349 e. The molecule has 0 amide bonds. The molecule has 0 fully saturated rings. The number of benzene rings is 2. The van der Waals surface area contributed by atoms with Gasteiger partial charge in [-0.15, -0.1) is 0 Å². The third-order valence-electron chi connectivity index (χ3n) is 2.42. The topological polar surface area (TPSA) is 43.4 Å². The molecule has 0 aliphatic rings. The molecule has 0 aromatic heterocycles. The van der Waals surface area contributed by atoms with Gasteiger partial charge in [-0.2, -0.15) is 0 Å². The van der Waals surface area contributed by atoms with Gasteiger partial charge in [-0.25, -0.2) is 13.6 Å². The Bertz CT molecular complexity index is 618. The first-order valence-electron chi connectivity index (χ1n) is 5.34. The number of esters is 1. The van der Waals surface area contributed by atoms with Crippen LogP contribution in [0.4, 0.5) is 8.78 Å². The molecule has 3 nitrogen and oxygen atoms in total. The summed E-state index contributed by atoms with van der Waals surface area (Å²) in [6, 6.07) is 8.93. The summed E-state index contributed by atoms with van der Waals surface area (Å²) in [5, 5.41) is 0. The number of hydrogen-bond donors (Lipinski definition) is 0. The zero-order valence-electron chi connectivity index (χ0n) is 9.60. The number of carbonyl (C=O) groups excluding carboxylic acids is 2. The number of para-hydroxylation sites is 1. The molecule has 0 unspecified atom stereocenters. The Balaban J connectivity index is 2.34. The van der Waals surface area contributed by atoms with Crippen molar-refractivity contribution >= 4 is 12.3 Å². The molecule has 0 saturated heterocycles. The molecule has 0 spiro atoms. The zero-order valence-corrected chi connectivity index (χ0v) is 9.60. The average Bonchev–Trinajstić information content (AvgIpc) is 2.39. The van der Waals surface area contributed by atoms with Crippen molar-refractivity contribution in [1.82, 2.24) is 0 Å². The fourth-order valence-electron chi connectivity index (χ4n) is 1.51. The normalized spacial score (nSPS) is 10.0. The predicted molar refractivity (Wildman–Crippen MR) is 63.1 cm³/mol. The van der Waals surface area contributed by atoms with E-state index in [0.29, 0.717) is 6.29 Å². The van der Waals surface area contributed by atoms with Gasteiger partial charge in [0, 0.05) is 0 Å². The lowest BCUT2D eigenvalue weighted by molar-refractivity contribution is 0.0723. The predicted octanol–water partition coefficient (Wildman–Crippen LogP) is 3.00. The lowest BCUT2D eigenvalue weighted by Gasteiger charge is -2.07. The van der Waals surface area contributed by atoms with Gasteiger partial charge in [-0.05, 0) is 24.3 Å². The maximum absolute atomic E-state index is 13.4. The largest absolute Gasteiger partial charge is 0.422 e. The standard InChI is InChI=1S/C14H8F2O3/c15-10-5-3-6-11(16)13(10)14(18)19-12-7-2-1-4-9(12)8-17/h1-8H. The van der Waals surface area contributed by atoms with Gasteiger partial charge in [-0.3, -0.25) is 4.79 Å². The molecule has 0 aliphatic carbocycles. The van der Waals surface area contributed by atoms with Gasteiger partial charge in [0.05, 0.1) is 5.56 Å². The molecule has 0 heterocycles. The third-order valence-corrected chi connectivity index (χ3v) is 2.42. The van der Waals surface area contributed by atoms with E-state index in [0.717, 1.165) is 18.2 Å². The van der Waals surface area contributed by atoms with Crippen molar-refractivity contribution < 1.29 is 23.1 Å². The Morgan fingerprint density at radius 3 is 2.26 bits per heavy atom. The molecule has 19 heavy (non-hydrogen) atoms. The summed E-state index contributed by atoms with van der Waals surface area (Å²) < 4.78 is 31.6. The van der Waals surface area contributed by atoms with Gasteiger partial charge in [0.25, 0.3) is 0 Å². The summed E-state index contributed by atoms with van der Waals surface area (Å²) in [6.45, 7) is 0. The molecular weight excluding hydrogens is 254 g/mol. The molecule has 2 aromatic rings. The Morgan fingerprint density at radius 1 is 1.00 bits per heavy atom. The van der Waals surface area contributed by atoms with Gasteiger partial charge < -0.3 is 4.74 Å². The number of rotatable bonds is 3. The van der Waals surface area contributed by atoms with Crippen LogP contribution in [0.2, 0.25) is 0 Å². The maximum Gasteiger partial charge on any atom is 0.349 e. The van der Waals surface area contributed by atoms with Gasteiger partial charge in [0.2, 0.25) is 0 Å². The minimum atomic E-state index is -1.19. The van der Waals surface area contributed by atoms with E-state index in [4.69, 9.17) is 4.74 Å². The highest BCUT2D eigenvalue weighted by Crippen LogP contribution is 2.19. The molecule has 0 N–H and O–H groups in total. The average molecular weight is 262 g/mol. The van der Waals surface area contributed by atoms with Crippen molar-refractivity contribution in [2.24, 2.45) is 0 Å². The van der Waals surface area contributed by atoms with Crippen molar-refractivity contribution in [1.29, 1.82) is 0 Å². The van der Waals surface area contributed by atoms with Gasteiger partial charge in [0.15, 0.2) is 6.29 Å². The number of hydrogen-bond acceptors (Lipinski definition) is 3. The lowest BCUT2D eigenvalue weighted by atomic mass is 10.2. The third kappa shape index (κ3) is 2.65. The summed E-state index contributed by atoms with van der Waals surface area (Å²) in [7, 11) is 0. The first-order valence-corrected chi connectivity index (χ1v) is 5.34.